The summed E-state index contributed by atoms with van der Waals surface area (Å²) in [5.41, 5.74) is 3.16. The number of fused-ring (bicyclic) bond motifs is 1. The molecule has 0 bridgehead atoms. The molecule has 1 saturated carbocycles. The molecule has 1 aliphatic carbocycles. The molecule has 2 aromatic carbocycles. The van der Waals surface area contributed by atoms with Crippen molar-refractivity contribution in [3.05, 3.63) is 71.4 Å². The number of aromatic nitrogens is 1. The van der Waals surface area contributed by atoms with Crippen LogP contribution in [0.1, 0.15) is 41.3 Å². The Morgan fingerprint density at radius 2 is 1.70 bits per heavy atom. The fourth-order valence-corrected chi connectivity index (χ4v) is 4.83. The minimum absolute atomic E-state index is 0.0264. The minimum Gasteiger partial charge on any atom is -0.352 e. The van der Waals surface area contributed by atoms with Gasteiger partial charge in [0.15, 0.2) is 0 Å². The summed E-state index contributed by atoms with van der Waals surface area (Å²) in [7, 11) is 2.17. The van der Waals surface area contributed by atoms with Crippen molar-refractivity contribution < 1.29 is 9.59 Å². The first-order chi connectivity index (χ1) is 17.9. The molecule has 0 radical (unpaired) electrons. The molecule has 2 N–H and O–H groups in total. The van der Waals surface area contributed by atoms with Crippen molar-refractivity contribution in [3.8, 4) is 0 Å². The van der Waals surface area contributed by atoms with Crippen LogP contribution in [0.2, 0.25) is 0 Å². The summed E-state index contributed by atoms with van der Waals surface area (Å²) >= 11 is 0. The van der Waals surface area contributed by atoms with Gasteiger partial charge in [0.05, 0.1) is 0 Å². The van der Waals surface area contributed by atoms with Gasteiger partial charge in [0.1, 0.15) is 5.82 Å². The number of piperazine rings is 1. The molecule has 7 heteroatoms. The van der Waals surface area contributed by atoms with E-state index < -0.39 is 0 Å². The lowest BCUT2D eigenvalue weighted by Crippen LogP contribution is -2.43. The van der Waals surface area contributed by atoms with Crippen LogP contribution in [0.4, 0.5) is 5.82 Å². The predicted octanol–water partition coefficient (Wildman–Crippen LogP) is 3.94. The van der Waals surface area contributed by atoms with Gasteiger partial charge in [-0.15, -0.1) is 0 Å². The highest BCUT2D eigenvalue weighted by Gasteiger charge is 2.29. The summed E-state index contributed by atoms with van der Waals surface area (Å²) in [6.07, 6.45) is 4.64. The van der Waals surface area contributed by atoms with Gasteiger partial charge >= 0.3 is 0 Å². The lowest BCUT2D eigenvalue weighted by atomic mass is 9.99. The van der Waals surface area contributed by atoms with Gasteiger partial charge in [-0.05, 0) is 73.0 Å². The third-order valence-corrected chi connectivity index (χ3v) is 7.40. The van der Waals surface area contributed by atoms with E-state index in [4.69, 9.17) is 0 Å². The van der Waals surface area contributed by atoms with Crippen LogP contribution in [-0.4, -0.2) is 66.4 Å². The number of hydrogen-bond donors (Lipinski definition) is 2. The Morgan fingerprint density at radius 3 is 2.43 bits per heavy atom. The zero-order valence-electron chi connectivity index (χ0n) is 21.9. The van der Waals surface area contributed by atoms with E-state index in [1.165, 1.54) is 11.1 Å². The third-order valence-electron chi connectivity index (χ3n) is 7.40. The molecule has 194 valence electrons. The van der Waals surface area contributed by atoms with Gasteiger partial charge in [0.25, 0.3) is 5.91 Å². The quantitative estimate of drug-likeness (QED) is 0.466. The first-order valence-corrected chi connectivity index (χ1v) is 13.4. The summed E-state index contributed by atoms with van der Waals surface area (Å²) in [4.78, 5) is 33.9. The van der Waals surface area contributed by atoms with Gasteiger partial charge < -0.3 is 15.5 Å². The van der Waals surface area contributed by atoms with Crippen molar-refractivity contribution in [2.45, 2.75) is 32.7 Å². The van der Waals surface area contributed by atoms with Crippen LogP contribution in [0.3, 0.4) is 0 Å². The van der Waals surface area contributed by atoms with Crippen molar-refractivity contribution in [3.63, 3.8) is 0 Å². The number of nitrogens with zero attached hydrogens (tertiary/aromatic N) is 3. The summed E-state index contributed by atoms with van der Waals surface area (Å²) < 4.78 is 0. The number of carbonyl (C=O) groups excluding carboxylic acids is 2. The molecule has 2 aliphatic rings. The number of likely N-dealkylation sites (N-methyl/N-ethyl adjacent to an activating group) is 1. The molecule has 3 aromatic rings. The molecule has 1 atom stereocenters. The van der Waals surface area contributed by atoms with Crippen LogP contribution in [0.15, 0.2) is 54.7 Å². The molecular formula is C30H37N5O2. The molecule has 5 rings (SSSR count). The van der Waals surface area contributed by atoms with Crippen molar-refractivity contribution in [1.29, 1.82) is 0 Å². The van der Waals surface area contributed by atoms with E-state index >= 15 is 0 Å². The molecular weight excluding hydrogens is 462 g/mol. The van der Waals surface area contributed by atoms with E-state index in [2.05, 4.69) is 69.7 Å². The topological polar surface area (TPSA) is 77.6 Å². The van der Waals surface area contributed by atoms with E-state index in [9.17, 15) is 9.59 Å². The standard InChI is InChI=1S/C30H37N5O2/c1-21(15-23-5-8-26-17-28(31-19-27(26)16-23)33-30(37)25-9-10-25)18-32-29(36)24-6-3-22(4-7-24)20-35-13-11-34(2)12-14-35/h3-8,16-17,19,21,25H,9-15,18,20H2,1-2H3,(H,32,36)(H,31,33,37)/t21-/m0/s1. The SMILES string of the molecule is C[C@H](CNC(=O)c1ccc(CN2CCN(C)CC2)cc1)Cc1ccc2cc(NC(=O)C3CC3)ncc2c1. The van der Waals surface area contributed by atoms with Crippen LogP contribution < -0.4 is 10.6 Å². The maximum atomic E-state index is 12.7. The monoisotopic (exact) mass is 499 g/mol. The molecule has 1 aliphatic heterocycles. The molecule has 7 nitrogen and oxygen atoms in total. The fraction of sp³-hybridized carbons (Fsp3) is 0.433. The Morgan fingerprint density at radius 1 is 0.973 bits per heavy atom. The zero-order chi connectivity index (χ0) is 25.8. The van der Waals surface area contributed by atoms with Crippen LogP contribution in [-0.2, 0) is 17.8 Å². The lowest BCUT2D eigenvalue weighted by Gasteiger charge is -2.32. The number of rotatable bonds is 9. The third kappa shape index (κ3) is 6.93. The number of benzene rings is 2. The Balaban J connectivity index is 1.09. The molecule has 2 heterocycles. The van der Waals surface area contributed by atoms with Gasteiger partial charge in [0, 0.05) is 62.3 Å². The second kappa shape index (κ2) is 11.4. The average molecular weight is 500 g/mol. The second-order valence-electron chi connectivity index (χ2n) is 10.8. The van der Waals surface area contributed by atoms with Crippen LogP contribution in [0.5, 0.6) is 0 Å². The Kier molecular flexibility index (Phi) is 7.82. The Hall–Kier alpha value is -3.29. The normalized spacial score (nSPS) is 17.5. The minimum atomic E-state index is -0.0264. The van der Waals surface area contributed by atoms with Crippen molar-refractivity contribution in [2.24, 2.45) is 11.8 Å². The van der Waals surface area contributed by atoms with E-state index in [1.807, 2.05) is 24.4 Å². The summed E-state index contributed by atoms with van der Waals surface area (Å²) in [6, 6.07) is 16.3. The number of carbonyl (C=O) groups is 2. The average Bonchev–Trinajstić information content (AvgIpc) is 3.75. The predicted molar refractivity (Wildman–Crippen MR) is 148 cm³/mol. The molecule has 2 fully saturated rings. The molecule has 0 unspecified atom stereocenters. The Bertz CT molecular complexity index is 1250. The molecule has 37 heavy (non-hydrogen) atoms. The molecule has 0 spiro atoms. The summed E-state index contributed by atoms with van der Waals surface area (Å²) in [6.45, 7) is 8.09. The van der Waals surface area contributed by atoms with Gasteiger partial charge in [-0.1, -0.05) is 31.2 Å². The van der Waals surface area contributed by atoms with E-state index in [0.29, 0.717) is 23.8 Å². The van der Waals surface area contributed by atoms with E-state index in [-0.39, 0.29) is 17.7 Å². The highest BCUT2D eigenvalue weighted by molar-refractivity contribution is 5.95. The van der Waals surface area contributed by atoms with Gasteiger partial charge in [-0.3, -0.25) is 14.5 Å². The highest BCUT2D eigenvalue weighted by Crippen LogP contribution is 2.30. The maximum Gasteiger partial charge on any atom is 0.251 e. The number of hydrogen-bond acceptors (Lipinski definition) is 5. The zero-order valence-corrected chi connectivity index (χ0v) is 21.9. The van der Waals surface area contributed by atoms with Gasteiger partial charge in [-0.2, -0.15) is 0 Å². The van der Waals surface area contributed by atoms with Crippen molar-refractivity contribution in [2.75, 3.05) is 45.1 Å². The van der Waals surface area contributed by atoms with Crippen LogP contribution in [0, 0.1) is 11.8 Å². The van der Waals surface area contributed by atoms with E-state index in [0.717, 1.165) is 62.8 Å². The van der Waals surface area contributed by atoms with Crippen LogP contribution >= 0.6 is 0 Å². The van der Waals surface area contributed by atoms with E-state index in [1.54, 1.807) is 0 Å². The number of anilines is 1. The second-order valence-corrected chi connectivity index (χ2v) is 10.8. The van der Waals surface area contributed by atoms with Gasteiger partial charge in [-0.25, -0.2) is 4.98 Å². The van der Waals surface area contributed by atoms with Crippen molar-refractivity contribution in [1.82, 2.24) is 20.1 Å². The smallest absolute Gasteiger partial charge is 0.251 e. The van der Waals surface area contributed by atoms with Gasteiger partial charge in [0.2, 0.25) is 5.91 Å². The number of pyridine rings is 1. The lowest BCUT2D eigenvalue weighted by molar-refractivity contribution is -0.117. The first-order valence-electron chi connectivity index (χ1n) is 13.4. The first kappa shape index (κ1) is 25.4. The summed E-state index contributed by atoms with van der Waals surface area (Å²) in [5, 5.41) is 8.11. The molecule has 2 amide bonds. The Labute approximate surface area is 219 Å². The fourth-order valence-electron chi connectivity index (χ4n) is 4.83. The maximum absolute atomic E-state index is 12.7. The highest BCUT2D eigenvalue weighted by atomic mass is 16.2. The largest absolute Gasteiger partial charge is 0.352 e. The number of amides is 2. The van der Waals surface area contributed by atoms with Crippen molar-refractivity contribution >= 4 is 28.4 Å². The molecule has 1 aromatic heterocycles. The number of nitrogens with one attached hydrogen (secondary N) is 2. The van der Waals surface area contributed by atoms with Crippen LogP contribution in [0.25, 0.3) is 10.8 Å². The summed E-state index contributed by atoms with van der Waals surface area (Å²) in [5.74, 6) is 1.11. The molecule has 1 saturated heterocycles.